The Morgan fingerprint density at radius 3 is 3.00 bits per heavy atom. The van der Waals surface area contributed by atoms with Gasteiger partial charge in [0.1, 0.15) is 0 Å². The van der Waals surface area contributed by atoms with E-state index in [1.165, 1.54) is 5.69 Å². The van der Waals surface area contributed by atoms with E-state index in [9.17, 15) is 0 Å². The first-order valence-corrected chi connectivity index (χ1v) is 6.69. The van der Waals surface area contributed by atoms with E-state index in [4.69, 9.17) is 10.5 Å². The molecule has 1 aromatic heterocycles. The quantitative estimate of drug-likeness (QED) is 0.888. The van der Waals surface area contributed by atoms with Crippen molar-refractivity contribution in [3.8, 4) is 0 Å². The van der Waals surface area contributed by atoms with Crippen LogP contribution in [0.5, 0.6) is 0 Å². The summed E-state index contributed by atoms with van der Waals surface area (Å²) in [4.78, 5) is 6.77. The number of hydrogen-bond acceptors (Lipinski definition) is 4. The lowest BCUT2D eigenvalue weighted by molar-refractivity contribution is 0.0299. The molecule has 2 N–H and O–H groups in total. The van der Waals surface area contributed by atoms with E-state index in [1.54, 1.807) is 0 Å². The van der Waals surface area contributed by atoms with Crippen molar-refractivity contribution in [1.82, 2.24) is 4.98 Å². The Bertz CT molecular complexity index is 408. The fourth-order valence-electron chi connectivity index (χ4n) is 2.48. The van der Waals surface area contributed by atoms with Crippen molar-refractivity contribution in [2.45, 2.75) is 45.9 Å². The van der Waals surface area contributed by atoms with Gasteiger partial charge in [0.05, 0.1) is 18.8 Å². The lowest BCUT2D eigenvalue weighted by Gasteiger charge is -2.40. The molecule has 18 heavy (non-hydrogen) atoms. The van der Waals surface area contributed by atoms with Crippen LogP contribution in [0.2, 0.25) is 0 Å². The fourth-order valence-corrected chi connectivity index (χ4v) is 2.48. The minimum atomic E-state index is 0.270. The molecule has 1 fully saturated rings. The fraction of sp³-hybridized carbons (Fsp3) is 0.643. The van der Waals surface area contributed by atoms with Gasteiger partial charge in [-0.25, -0.2) is 0 Å². The molecule has 4 heteroatoms. The second kappa shape index (κ2) is 5.67. The van der Waals surface area contributed by atoms with Crippen LogP contribution in [0.25, 0.3) is 0 Å². The molecule has 1 saturated heterocycles. The Morgan fingerprint density at radius 2 is 2.33 bits per heavy atom. The summed E-state index contributed by atoms with van der Waals surface area (Å²) in [5.41, 5.74) is 9.22. The molecule has 1 aliphatic rings. The van der Waals surface area contributed by atoms with Crippen molar-refractivity contribution in [2.24, 2.45) is 5.73 Å². The Balaban J connectivity index is 2.34. The number of ether oxygens (including phenoxy) is 1. The Morgan fingerprint density at radius 1 is 1.56 bits per heavy atom. The summed E-state index contributed by atoms with van der Waals surface area (Å²) < 4.78 is 5.75. The maximum Gasteiger partial charge on any atom is 0.0723 e. The zero-order valence-corrected chi connectivity index (χ0v) is 11.5. The number of pyridine rings is 1. The second-order valence-electron chi connectivity index (χ2n) is 5.02. The first-order chi connectivity index (χ1) is 8.65. The number of hydrogen-bond donors (Lipinski definition) is 1. The van der Waals surface area contributed by atoms with Gasteiger partial charge >= 0.3 is 0 Å². The van der Waals surface area contributed by atoms with Crippen LogP contribution < -0.4 is 10.6 Å². The molecule has 0 amide bonds. The topological polar surface area (TPSA) is 51.4 Å². The number of aromatic nitrogens is 1. The molecule has 1 aliphatic heterocycles. The highest BCUT2D eigenvalue weighted by Crippen LogP contribution is 2.27. The molecule has 0 radical (unpaired) electrons. The molecule has 0 aromatic carbocycles. The van der Waals surface area contributed by atoms with Crippen molar-refractivity contribution in [1.29, 1.82) is 0 Å². The summed E-state index contributed by atoms with van der Waals surface area (Å²) >= 11 is 0. The number of aryl methyl sites for hydroxylation is 1. The number of nitrogens with two attached hydrogens (primary N) is 1. The Kier molecular flexibility index (Phi) is 4.19. The number of anilines is 1. The molecule has 0 saturated carbocycles. The molecule has 2 rings (SSSR count). The standard InChI is InChI=1S/C14H23N3O/c1-4-13-9-18-11(3)8-17(13)14-5-10(2)16-7-12(14)6-15/h5,7,11,13H,4,6,8-9,15H2,1-3H3. The summed E-state index contributed by atoms with van der Waals surface area (Å²) in [6.07, 6.45) is 3.25. The van der Waals surface area contributed by atoms with E-state index >= 15 is 0 Å². The molecule has 2 heterocycles. The van der Waals surface area contributed by atoms with Crippen LogP contribution in [0.15, 0.2) is 12.3 Å². The number of morpholine rings is 1. The summed E-state index contributed by atoms with van der Waals surface area (Å²) in [6.45, 7) is 8.60. The smallest absolute Gasteiger partial charge is 0.0723 e. The van der Waals surface area contributed by atoms with Crippen LogP contribution >= 0.6 is 0 Å². The zero-order chi connectivity index (χ0) is 13.1. The monoisotopic (exact) mass is 249 g/mol. The van der Waals surface area contributed by atoms with E-state index in [0.29, 0.717) is 12.6 Å². The third kappa shape index (κ3) is 2.65. The number of rotatable bonds is 3. The minimum absolute atomic E-state index is 0.270. The first kappa shape index (κ1) is 13.3. The first-order valence-electron chi connectivity index (χ1n) is 6.69. The summed E-state index contributed by atoms with van der Waals surface area (Å²) in [5.74, 6) is 0. The largest absolute Gasteiger partial charge is 0.375 e. The third-order valence-electron chi connectivity index (χ3n) is 3.57. The van der Waals surface area contributed by atoms with Gasteiger partial charge in [-0.3, -0.25) is 4.98 Å². The van der Waals surface area contributed by atoms with Gasteiger partial charge in [0, 0.05) is 36.2 Å². The SMILES string of the molecule is CCC1COC(C)CN1c1cc(C)ncc1CN. The van der Waals surface area contributed by atoms with Crippen LogP contribution in [0, 0.1) is 6.92 Å². The Labute approximate surface area is 109 Å². The van der Waals surface area contributed by atoms with Gasteiger partial charge in [-0.15, -0.1) is 0 Å². The van der Waals surface area contributed by atoms with Crippen LogP contribution in [-0.2, 0) is 11.3 Å². The highest BCUT2D eigenvalue weighted by Gasteiger charge is 2.27. The van der Waals surface area contributed by atoms with E-state index in [1.807, 2.05) is 13.1 Å². The molecular formula is C14H23N3O. The lowest BCUT2D eigenvalue weighted by Crippen LogP contribution is -2.49. The van der Waals surface area contributed by atoms with Gasteiger partial charge in [0.2, 0.25) is 0 Å². The number of nitrogens with zero attached hydrogens (tertiary/aromatic N) is 2. The summed E-state index contributed by atoms with van der Waals surface area (Å²) in [5, 5.41) is 0. The van der Waals surface area contributed by atoms with Crippen molar-refractivity contribution < 1.29 is 4.74 Å². The van der Waals surface area contributed by atoms with Gasteiger partial charge in [0.15, 0.2) is 0 Å². The molecule has 0 aliphatic carbocycles. The van der Waals surface area contributed by atoms with E-state index < -0.39 is 0 Å². The molecule has 2 unspecified atom stereocenters. The van der Waals surface area contributed by atoms with Crippen LogP contribution in [-0.4, -0.2) is 30.3 Å². The molecule has 2 atom stereocenters. The van der Waals surface area contributed by atoms with Crippen molar-refractivity contribution in [3.05, 3.63) is 23.5 Å². The second-order valence-corrected chi connectivity index (χ2v) is 5.02. The lowest BCUT2D eigenvalue weighted by atomic mass is 10.1. The molecular weight excluding hydrogens is 226 g/mol. The average Bonchev–Trinajstić information content (AvgIpc) is 2.38. The highest BCUT2D eigenvalue weighted by atomic mass is 16.5. The highest BCUT2D eigenvalue weighted by molar-refractivity contribution is 5.55. The summed E-state index contributed by atoms with van der Waals surface area (Å²) in [7, 11) is 0. The molecule has 0 spiro atoms. The van der Waals surface area contributed by atoms with E-state index in [2.05, 4.69) is 29.8 Å². The maximum atomic E-state index is 5.83. The van der Waals surface area contributed by atoms with Crippen LogP contribution in [0.3, 0.4) is 0 Å². The van der Waals surface area contributed by atoms with Crippen molar-refractivity contribution >= 4 is 5.69 Å². The van der Waals surface area contributed by atoms with Gasteiger partial charge in [-0.1, -0.05) is 6.92 Å². The minimum Gasteiger partial charge on any atom is -0.375 e. The van der Waals surface area contributed by atoms with Crippen LogP contribution in [0.1, 0.15) is 31.5 Å². The Hall–Kier alpha value is -1.13. The average molecular weight is 249 g/mol. The van der Waals surface area contributed by atoms with Crippen LogP contribution in [0.4, 0.5) is 5.69 Å². The van der Waals surface area contributed by atoms with Gasteiger partial charge < -0.3 is 15.4 Å². The third-order valence-corrected chi connectivity index (χ3v) is 3.57. The van der Waals surface area contributed by atoms with Gasteiger partial charge in [-0.05, 0) is 26.3 Å². The molecule has 100 valence electrons. The maximum absolute atomic E-state index is 5.83. The molecule has 4 nitrogen and oxygen atoms in total. The normalized spacial score (nSPS) is 24.3. The predicted octanol–water partition coefficient (Wildman–Crippen LogP) is 1.85. The van der Waals surface area contributed by atoms with E-state index in [-0.39, 0.29) is 6.10 Å². The van der Waals surface area contributed by atoms with Crippen molar-refractivity contribution in [3.63, 3.8) is 0 Å². The van der Waals surface area contributed by atoms with Gasteiger partial charge in [0.25, 0.3) is 0 Å². The molecule has 1 aromatic rings. The predicted molar refractivity (Wildman–Crippen MR) is 73.7 cm³/mol. The van der Waals surface area contributed by atoms with Crippen molar-refractivity contribution in [2.75, 3.05) is 18.1 Å². The zero-order valence-electron chi connectivity index (χ0n) is 11.5. The molecule has 0 bridgehead atoms. The van der Waals surface area contributed by atoms with E-state index in [0.717, 1.165) is 30.8 Å². The van der Waals surface area contributed by atoms with Gasteiger partial charge in [-0.2, -0.15) is 0 Å². The summed E-state index contributed by atoms with van der Waals surface area (Å²) in [6, 6.07) is 2.58.